The summed E-state index contributed by atoms with van der Waals surface area (Å²) in [5, 5.41) is 12.2. The van der Waals surface area contributed by atoms with Crippen molar-refractivity contribution >= 4 is 6.09 Å². The second-order valence-corrected chi connectivity index (χ2v) is 8.05. The molecule has 1 aromatic heterocycles. The van der Waals surface area contributed by atoms with Gasteiger partial charge in [-0.15, -0.1) is 0 Å². The van der Waals surface area contributed by atoms with Crippen molar-refractivity contribution in [2.75, 3.05) is 6.61 Å². The van der Waals surface area contributed by atoms with Crippen molar-refractivity contribution in [3.05, 3.63) is 113 Å². The molecule has 1 heterocycles. The number of aliphatic hydroxyl groups is 1. The number of aromatic nitrogens is 1. The van der Waals surface area contributed by atoms with E-state index < -0.39 is 12.1 Å². The molecular formula is C27H24N2O4. The highest BCUT2D eigenvalue weighted by molar-refractivity contribution is 5.79. The predicted molar refractivity (Wildman–Crippen MR) is 124 cm³/mol. The maximum absolute atomic E-state index is 12.8. The summed E-state index contributed by atoms with van der Waals surface area (Å²) in [7, 11) is 0. The fourth-order valence-corrected chi connectivity index (χ4v) is 4.39. The lowest BCUT2D eigenvalue weighted by Crippen LogP contribution is -2.31. The molecule has 0 saturated heterocycles. The molecule has 4 aromatic rings. The van der Waals surface area contributed by atoms with Crippen LogP contribution in [0, 0.1) is 0 Å². The molecule has 6 nitrogen and oxygen atoms in total. The van der Waals surface area contributed by atoms with Gasteiger partial charge in [-0.05, 0) is 27.8 Å². The minimum Gasteiger partial charge on any atom is -0.449 e. The highest BCUT2D eigenvalue weighted by Gasteiger charge is 2.29. The standard InChI is InChI=1S/C27H24N2O4/c30-15-19-16-32-26(28-19)25(14-18-8-2-1-3-9-18)29-27(31)33-17-24-22-12-6-4-10-20(22)21-11-5-7-13-23(21)24/h1-13,16,24-25,30H,14-15,17H2,(H,29,31)/t25-/m1/s1. The molecular weight excluding hydrogens is 416 g/mol. The molecule has 0 aliphatic heterocycles. The van der Waals surface area contributed by atoms with Gasteiger partial charge in [0.15, 0.2) is 0 Å². The number of alkyl carbamates (subject to hydrolysis) is 1. The quantitative estimate of drug-likeness (QED) is 0.423. The lowest BCUT2D eigenvalue weighted by Gasteiger charge is -2.18. The van der Waals surface area contributed by atoms with Gasteiger partial charge >= 0.3 is 6.09 Å². The Labute approximate surface area is 191 Å². The Morgan fingerprint density at radius 2 is 1.61 bits per heavy atom. The van der Waals surface area contributed by atoms with Crippen LogP contribution in [-0.2, 0) is 17.8 Å². The molecule has 3 aromatic carbocycles. The number of nitrogens with one attached hydrogen (secondary N) is 1. The zero-order valence-corrected chi connectivity index (χ0v) is 18.0. The van der Waals surface area contributed by atoms with Gasteiger partial charge < -0.3 is 19.6 Å². The molecule has 2 N–H and O–H groups in total. The summed E-state index contributed by atoms with van der Waals surface area (Å²) in [5.74, 6) is 0.315. The fourth-order valence-electron chi connectivity index (χ4n) is 4.39. The topological polar surface area (TPSA) is 84.6 Å². The highest BCUT2D eigenvalue weighted by atomic mass is 16.5. The minimum atomic E-state index is -0.540. The average molecular weight is 440 g/mol. The molecule has 6 heteroatoms. The maximum atomic E-state index is 12.8. The largest absolute Gasteiger partial charge is 0.449 e. The number of benzene rings is 3. The number of carbonyl (C=O) groups is 1. The molecule has 1 atom stereocenters. The molecule has 1 aliphatic rings. The van der Waals surface area contributed by atoms with E-state index in [1.165, 1.54) is 17.4 Å². The van der Waals surface area contributed by atoms with Crippen LogP contribution in [0.3, 0.4) is 0 Å². The number of rotatable bonds is 7. The van der Waals surface area contributed by atoms with Crippen LogP contribution in [-0.4, -0.2) is 22.8 Å². The SMILES string of the molecule is O=C(N[C@H](Cc1ccccc1)c1nc(CO)co1)OCC1c2ccccc2-c2ccccc21. The van der Waals surface area contributed by atoms with Gasteiger partial charge in [-0.2, -0.15) is 0 Å². The third kappa shape index (κ3) is 4.38. The van der Waals surface area contributed by atoms with Crippen LogP contribution in [0.1, 0.15) is 40.2 Å². The monoisotopic (exact) mass is 440 g/mol. The van der Waals surface area contributed by atoms with Gasteiger partial charge in [0.1, 0.15) is 24.6 Å². The molecule has 0 radical (unpaired) electrons. The summed E-state index contributed by atoms with van der Waals surface area (Å²) in [6.07, 6.45) is 1.34. The van der Waals surface area contributed by atoms with Gasteiger partial charge in [-0.25, -0.2) is 9.78 Å². The van der Waals surface area contributed by atoms with E-state index >= 15 is 0 Å². The number of nitrogens with zero attached hydrogens (tertiary/aromatic N) is 1. The van der Waals surface area contributed by atoms with Crippen molar-refractivity contribution in [1.29, 1.82) is 0 Å². The van der Waals surface area contributed by atoms with Crippen LogP contribution < -0.4 is 5.32 Å². The minimum absolute atomic E-state index is 0.0153. The van der Waals surface area contributed by atoms with Gasteiger partial charge in [0.2, 0.25) is 5.89 Å². The van der Waals surface area contributed by atoms with Gasteiger partial charge in [0, 0.05) is 12.3 Å². The van der Waals surface area contributed by atoms with Crippen LogP contribution in [0.5, 0.6) is 0 Å². The Kier molecular flexibility index (Phi) is 5.91. The van der Waals surface area contributed by atoms with Crippen LogP contribution in [0.4, 0.5) is 4.79 Å². The Balaban J connectivity index is 1.31. The summed E-state index contributed by atoms with van der Waals surface area (Å²) >= 11 is 0. The van der Waals surface area contributed by atoms with E-state index in [9.17, 15) is 9.90 Å². The third-order valence-electron chi connectivity index (χ3n) is 5.95. The van der Waals surface area contributed by atoms with Crippen molar-refractivity contribution in [3.8, 4) is 11.1 Å². The lowest BCUT2D eigenvalue weighted by molar-refractivity contribution is 0.137. The Bertz CT molecular complexity index is 1210. The first-order valence-corrected chi connectivity index (χ1v) is 10.9. The number of oxazole rings is 1. The van der Waals surface area contributed by atoms with Crippen LogP contribution in [0.2, 0.25) is 0 Å². The van der Waals surface area contributed by atoms with E-state index in [0.29, 0.717) is 18.0 Å². The number of hydrogen-bond acceptors (Lipinski definition) is 5. The summed E-state index contributed by atoms with van der Waals surface area (Å²) < 4.78 is 11.2. The molecule has 5 rings (SSSR count). The molecule has 0 saturated carbocycles. The van der Waals surface area contributed by atoms with Crippen LogP contribution >= 0.6 is 0 Å². The van der Waals surface area contributed by atoms with E-state index in [1.54, 1.807) is 0 Å². The van der Waals surface area contributed by atoms with Gasteiger partial charge in [0.25, 0.3) is 0 Å². The molecule has 0 fully saturated rings. The number of aliphatic hydroxyl groups excluding tert-OH is 1. The number of fused-ring (bicyclic) bond motifs is 3. The summed E-state index contributed by atoms with van der Waals surface area (Å²) in [6.45, 7) is -0.00209. The highest BCUT2D eigenvalue weighted by Crippen LogP contribution is 2.44. The third-order valence-corrected chi connectivity index (χ3v) is 5.95. The summed E-state index contributed by atoms with van der Waals surface area (Å²) in [4.78, 5) is 17.1. The van der Waals surface area contributed by atoms with Crippen molar-refractivity contribution in [3.63, 3.8) is 0 Å². The van der Waals surface area contributed by atoms with E-state index in [2.05, 4.69) is 34.6 Å². The normalized spacial score (nSPS) is 13.2. The van der Waals surface area contributed by atoms with E-state index in [-0.39, 0.29) is 19.1 Å². The maximum Gasteiger partial charge on any atom is 0.407 e. The van der Waals surface area contributed by atoms with Crippen molar-refractivity contribution < 1.29 is 19.1 Å². The molecule has 1 amide bonds. The van der Waals surface area contributed by atoms with Gasteiger partial charge in [0.05, 0.1) is 6.61 Å². The van der Waals surface area contributed by atoms with E-state index in [0.717, 1.165) is 16.7 Å². The van der Waals surface area contributed by atoms with Crippen molar-refractivity contribution in [2.45, 2.75) is 25.0 Å². The lowest BCUT2D eigenvalue weighted by atomic mass is 9.98. The molecule has 0 spiro atoms. The first-order valence-electron chi connectivity index (χ1n) is 10.9. The van der Waals surface area contributed by atoms with Crippen LogP contribution in [0.15, 0.2) is 89.5 Å². The molecule has 0 bridgehead atoms. The van der Waals surface area contributed by atoms with Gasteiger partial charge in [-0.1, -0.05) is 78.9 Å². The predicted octanol–water partition coefficient (Wildman–Crippen LogP) is 4.99. The zero-order chi connectivity index (χ0) is 22.6. The second-order valence-electron chi connectivity index (χ2n) is 8.05. The summed E-state index contributed by atoms with van der Waals surface area (Å²) in [5.41, 5.74) is 6.11. The number of ether oxygens (including phenoxy) is 1. The van der Waals surface area contributed by atoms with E-state index in [4.69, 9.17) is 9.15 Å². The van der Waals surface area contributed by atoms with E-state index in [1.807, 2.05) is 54.6 Å². The number of carbonyl (C=O) groups excluding carboxylic acids is 1. The zero-order valence-electron chi connectivity index (χ0n) is 18.0. The van der Waals surface area contributed by atoms with Crippen LogP contribution in [0.25, 0.3) is 11.1 Å². The molecule has 166 valence electrons. The van der Waals surface area contributed by atoms with Crippen molar-refractivity contribution in [2.24, 2.45) is 0 Å². The number of hydrogen-bond donors (Lipinski definition) is 2. The smallest absolute Gasteiger partial charge is 0.407 e. The molecule has 1 aliphatic carbocycles. The van der Waals surface area contributed by atoms with Crippen molar-refractivity contribution in [1.82, 2.24) is 10.3 Å². The Morgan fingerprint density at radius 3 is 2.24 bits per heavy atom. The Morgan fingerprint density at radius 1 is 0.970 bits per heavy atom. The fraction of sp³-hybridized carbons (Fsp3) is 0.185. The van der Waals surface area contributed by atoms with Gasteiger partial charge in [-0.3, -0.25) is 0 Å². The Hall–Kier alpha value is -3.90. The molecule has 0 unspecified atom stereocenters. The number of amides is 1. The summed E-state index contributed by atoms with van der Waals surface area (Å²) in [6, 6.07) is 25.7. The average Bonchev–Trinajstić information content (AvgIpc) is 3.46. The first-order chi connectivity index (χ1) is 16.2. The first kappa shape index (κ1) is 21.0. The second kappa shape index (κ2) is 9.30. The molecule has 33 heavy (non-hydrogen) atoms.